The van der Waals surface area contributed by atoms with Gasteiger partial charge in [-0.3, -0.25) is 9.59 Å². The molecule has 0 saturated carbocycles. The molecule has 0 atom stereocenters. The summed E-state index contributed by atoms with van der Waals surface area (Å²) < 4.78 is 7.02. The number of aliphatic carboxylic acids is 1. The summed E-state index contributed by atoms with van der Waals surface area (Å²) in [5.74, 6) is -1.68. The molecule has 0 fully saturated rings. The Bertz CT molecular complexity index is 1240. The first kappa shape index (κ1) is 19.7. The topological polar surface area (TPSA) is 96.8 Å². The van der Waals surface area contributed by atoms with Crippen molar-refractivity contribution >= 4 is 29.0 Å². The highest BCUT2D eigenvalue weighted by molar-refractivity contribution is 6.31. The number of nitrogens with zero attached hydrogens (tertiary/aromatic N) is 2. The maximum atomic E-state index is 13.2. The van der Waals surface area contributed by atoms with Crippen molar-refractivity contribution in [2.45, 2.75) is 13.3 Å². The average molecular weight is 424 g/mol. The van der Waals surface area contributed by atoms with Crippen LogP contribution in [0.1, 0.15) is 23.0 Å². The fraction of sp³-hybridized carbons (Fsp3) is 0.136. The largest absolute Gasteiger partial charge is 0.480 e. The highest BCUT2D eigenvalue weighted by Gasteiger charge is 2.25. The van der Waals surface area contributed by atoms with Gasteiger partial charge in [0.1, 0.15) is 12.2 Å². The van der Waals surface area contributed by atoms with Crippen LogP contribution in [0, 0.1) is 0 Å². The van der Waals surface area contributed by atoms with Crippen molar-refractivity contribution in [2.75, 3.05) is 6.54 Å². The van der Waals surface area contributed by atoms with Gasteiger partial charge in [0.05, 0.1) is 23.6 Å². The summed E-state index contributed by atoms with van der Waals surface area (Å²) in [4.78, 5) is 24.2. The van der Waals surface area contributed by atoms with Gasteiger partial charge in [0, 0.05) is 21.8 Å². The second kappa shape index (κ2) is 8.04. The third-order valence-corrected chi connectivity index (χ3v) is 5.01. The predicted octanol–water partition coefficient (Wildman–Crippen LogP) is 4.29. The fourth-order valence-corrected chi connectivity index (χ4v) is 3.64. The number of benzene rings is 1. The molecular formula is C22H18ClN3O4. The molecule has 30 heavy (non-hydrogen) atoms. The number of rotatable bonds is 6. The van der Waals surface area contributed by atoms with Crippen molar-refractivity contribution < 1.29 is 19.1 Å². The number of aryl methyl sites for hydroxylation is 1. The van der Waals surface area contributed by atoms with E-state index in [0.717, 1.165) is 23.2 Å². The third-order valence-electron chi connectivity index (χ3n) is 4.77. The SMILES string of the molecule is CCc1ccc2c(-c3cccc(Cl)c3)c(C(=O)NCC(=O)O)c(-c3ccoc3)nn12. The number of carbonyl (C=O) groups is 2. The second-order valence-corrected chi connectivity index (χ2v) is 7.11. The second-order valence-electron chi connectivity index (χ2n) is 6.67. The minimum absolute atomic E-state index is 0.258. The molecule has 1 aromatic carbocycles. The molecule has 0 bridgehead atoms. The van der Waals surface area contributed by atoms with Gasteiger partial charge in [-0.15, -0.1) is 0 Å². The maximum absolute atomic E-state index is 13.2. The number of aromatic nitrogens is 2. The summed E-state index contributed by atoms with van der Waals surface area (Å²) >= 11 is 6.24. The number of carboxylic acids is 1. The van der Waals surface area contributed by atoms with Crippen molar-refractivity contribution in [3.63, 3.8) is 0 Å². The lowest BCUT2D eigenvalue weighted by Gasteiger charge is -2.16. The number of carboxylic acid groups (broad SMARTS) is 1. The van der Waals surface area contributed by atoms with Gasteiger partial charge >= 0.3 is 5.97 Å². The average Bonchev–Trinajstić information content (AvgIpc) is 3.40. The Balaban J connectivity index is 2.08. The Morgan fingerprint density at radius 2 is 2.03 bits per heavy atom. The van der Waals surface area contributed by atoms with E-state index >= 15 is 0 Å². The molecule has 0 aliphatic heterocycles. The van der Waals surface area contributed by atoms with E-state index in [9.17, 15) is 9.59 Å². The van der Waals surface area contributed by atoms with E-state index in [1.165, 1.54) is 12.5 Å². The Morgan fingerprint density at radius 3 is 2.70 bits per heavy atom. The minimum atomic E-state index is -1.14. The van der Waals surface area contributed by atoms with Crippen LogP contribution in [0.2, 0.25) is 5.02 Å². The highest BCUT2D eigenvalue weighted by atomic mass is 35.5. The van der Waals surface area contributed by atoms with Crippen LogP contribution in [-0.2, 0) is 11.2 Å². The number of furan rings is 1. The summed E-state index contributed by atoms with van der Waals surface area (Å²) in [6.07, 6.45) is 3.74. The summed E-state index contributed by atoms with van der Waals surface area (Å²) in [6.45, 7) is 1.51. The van der Waals surface area contributed by atoms with E-state index in [0.29, 0.717) is 21.8 Å². The first-order chi connectivity index (χ1) is 14.5. The molecule has 0 saturated heterocycles. The number of fused-ring (bicyclic) bond motifs is 1. The van der Waals surface area contributed by atoms with Crippen LogP contribution in [0.4, 0.5) is 0 Å². The molecule has 0 unspecified atom stereocenters. The molecule has 3 aromatic heterocycles. The molecule has 7 nitrogen and oxygen atoms in total. The molecular weight excluding hydrogens is 406 g/mol. The first-order valence-corrected chi connectivity index (χ1v) is 9.70. The number of hydrogen-bond acceptors (Lipinski definition) is 4. The molecule has 0 aliphatic rings. The zero-order valence-electron chi connectivity index (χ0n) is 16.1. The lowest BCUT2D eigenvalue weighted by Crippen LogP contribution is -2.30. The van der Waals surface area contributed by atoms with Crippen LogP contribution < -0.4 is 5.32 Å². The summed E-state index contributed by atoms with van der Waals surface area (Å²) in [5, 5.41) is 16.7. The lowest BCUT2D eigenvalue weighted by atomic mass is 9.96. The van der Waals surface area contributed by atoms with E-state index in [1.54, 1.807) is 28.8 Å². The quantitative estimate of drug-likeness (QED) is 0.482. The normalized spacial score (nSPS) is 11.0. The number of amides is 1. The zero-order chi connectivity index (χ0) is 21.3. The number of nitrogens with one attached hydrogen (secondary N) is 1. The first-order valence-electron chi connectivity index (χ1n) is 9.32. The molecule has 8 heteroatoms. The molecule has 1 amide bonds. The van der Waals surface area contributed by atoms with Gasteiger partial charge in [-0.25, -0.2) is 4.52 Å². The summed E-state index contributed by atoms with van der Waals surface area (Å²) in [6, 6.07) is 12.7. The molecule has 4 aromatic rings. The van der Waals surface area contributed by atoms with Gasteiger partial charge < -0.3 is 14.8 Å². The summed E-state index contributed by atoms with van der Waals surface area (Å²) in [7, 11) is 0. The molecule has 2 N–H and O–H groups in total. The Labute approximate surface area is 176 Å². The van der Waals surface area contributed by atoms with E-state index in [-0.39, 0.29) is 5.56 Å². The molecule has 0 spiro atoms. The van der Waals surface area contributed by atoms with E-state index in [4.69, 9.17) is 26.2 Å². The summed E-state index contributed by atoms with van der Waals surface area (Å²) in [5.41, 5.74) is 4.29. The van der Waals surface area contributed by atoms with Crippen molar-refractivity contribution in [2.24, 2.45) is 0 Å². The number of carbonyl (C=O) groups excluding carboxylic acids is 1. The third kappa shape index (κ3) is 3.55. The molecule has 152 valence electrons. The smallest absolute Gasteiger partial charge is 0.322 e. The van der Waals surface area contributed by atoms with Gasteiger partial charge in [0.15, 0.2) is 0 Å². The lowest BCUT2D eigenvalue weighted by molar-refractivity contribution is -0.135. The van der Waals surface area contributed by atoms with Gasteiger partial charge in [0.2, 0.25) is 0 Å². The van der Waals surface area contributed by atoms with Crippen LogP contribution in [0.5, 0.6) is 0 Å². The fourth-order valence-electron chi connectivity index (χ4n) is 3.45. The number of halogens is 1. The minimum Gasteiger partial charge on any atom is -0.480 e. The standard InChI is InChI=1S/C22H18ClN3O4/c1-2-16-6-7-17-19(13-4-3-5-15(23)10-13)20(22(29)24-11-18(27)28)21(25-26(16)17)14-8-9-30-12-14/h3-10,12H,2,11H2,1H3,(H,24,29)(H,27,28). The van der Waals surface area contributed by atoms with Crippen LogP contribution in [0.25, 0.3) is 27.9 Å². The van der Waals surface area contributed by atoms with E-state index < -0.39 is 18.4 Å². The van der Waals surface area contributed by atoms with Crippen LogP contribution in [0.15, 0.2) is 59.4 Å². The van der Waals surface area contributed by atoms with E-state index in [2.05, 4.69) is 5.32 Å². The Hall–Kier alpha value is -3.58. The van der Waals surface area contributed by atoms with Gasteiger partial charge in [-0.05, 0) is 42.3 Å². The van der Waals surface area contributed by atoms with Crippen LogP contribution in [-0.4, -0.2) is 33.1 Å². The van der Waals surface area contributed by atoms with E-state index in [1.807, 2.05) is 25.1 Å². The van der Waals surface area contributed by atoms with Gasteiger partial charge in [-0.2, -0.15) is 5.10 Å². The van der Waals surface area contributed by atoms with Crippen LogP contribution in [0.3, 0.4) is 0 Å². The highest BCUT2D eigenvalue weighted by Crippen LogP contribution is 2.36. The van der Waals surface area contributed by atoms with Gasteiger partial charge in [-0.1, -0.05) is 30.7 Å². The van der Waals surface area contributed by atoms with Crippen LogP contribution >= 0.6 is 11.6 Å². The van der Waals surface area contributed by atoms with Crippen molar-refractivity contribution in [3.8, 4) is 22.4 Å². The van der Waals surface area contributed by atoms with Crippen molar-refractivity contribution in [1.29, 1.82) is 0 Å². The van der Waals surface area contributed by atoms with Crippen molar-refractivity contribution in [3.05, 3.63) is 71.3 Å². The maximum Gasteiger partial charge on any atom is 0.322 e. The Kier molecular flexibility index (Phi) is 5.29. The predicted molar refractivity (Wildman–Crippen MR) is 113 cm³/mol. The molecule has 4 rings (SSSR count). The van der Waals surface area contributed by atoms with Crippen molar-refractivity contribution in [1.82, 2.24) is 14.9 Å². The zero-order valence-corrected chi connectivity index (χ0v) is 16.8. The molecule has 3 heterocycles. The Morgan fingerprint density at radius 1 is 1.20 bits per heavy atom. The molecule has 0 radical (unpaired) electrons. The number of hydrogen-bond donors (Lipinski definition) is 2. The monoisotopic (exact) mass is 423 g/mol. The molecule has 0 aliphatic carbocycles. The van der Waals surface area contributed by atoms with Gasteiger partial charge in [0.25, 0.3) is 5.91 Å².